The number of rotatable bonds is 5. The number of piperidine rings is 1. The predicted octanol–water partition coefficient (Wildman–Crippen LogP) is 2.53. The fourth-order valence-electron chi connectivity index (χ4n) is 2.20. The first kappa shape index (κ1) is 13.2. The van der Waals surface area contributed by atoms with Crippen LogP contribution in [0.4, 0.5) is 0 Å². The third kappa shape index (κ3) is 3.97. The summed E-state index contributed by atoms with van der Waals surface area (Å²) < 4.78 is 0. The third-order valence-electron chi connectivity index (χ3n) is 3.54. The van der Waals surface area contributed by atoms with Gasteiger partial charge in [-0.1, -0.05) is 26.3 Å². The molecule has 3 nitrogen and oxygen atoms in total. The summed E-state index contributed by atoms with van der Waals surface area (Å²) in [5.74, 6) is 0.108. The van der Waals surface area contributed by atoms with E-state index in [0.29, 0.717) is 12.0 Å². The molecule has 1 aliphatic rings. The first-order valence-corrected chi connectivity index (χ1v) is 6.32. The minimum absolute atomic E-state index is 0.539. The quantitative estimate of drug-likeness (QED) is 0.731. The molecule has 0 bridgehead atoms. The van der Waals surface area contributed by atoms with Gasteiger partial charge in [0, 0.05) is 12.1 Å². The Morgan fingerprint density at radius 2 is 2.00 bits per heavy atom. The van der Waals surface area contributed by atoms with Crippen LogP contribution in [0, 0.1) is 5.92 Å². The highest BCUT2D eigenvalue weighted by Gasteiger charge is 2.16. The molecule has 3 heteroatoms. The van der Waals surface area contributed by atoms with E-state index in [1.54, 1.807) is 0 Å². The Morgan fingerprint density at radius 1 is 1.38 bits per heavy atom. The molecular formula is C13H23NO2. The molecule has 92 valence electrons. The van der Waals surface area contributed by atoms with Crippen LogP contribution in [0.15, 0.2) is 11.6 Å². The molecule has 1 fully saturated rings. The average Bonchev–Trinajstić information content (AvgIpc) is 2.30. The Balaban J connectivity index is 2.36. The van der Waals surface area contributed by atoms with E-state index < -0.39 is 5.97 Å². The molecule has 1 saturated heterocycles. The second kappa shape index (κ2) is 6.69. The van der Waals surface area contributed by atoms with Crippen LogP contribution in [-0.2, 0) is 4.79 Å². The van der Waals surface area contributed by atoms with Crippen LogP contribution >= 0.6 is 0 Å². The number of hydrogen-bond acceptors (Lipinski definition) is 2. The van der Waals surface area contributed by atoms with Crippen molar-refractivity contribution in [2.45, 2.75) is 39.5 Å². The van der Waals surface area contributed by atoms with Crippen LogP contribution in [0.1, 0.15) is 39.5 Å². The molecule has 0 unspecified atom stereocenters. The van der Waals surface area contributed by atoms with Crippen LogP contribution in [0.3, 0.4) is 0 Å². The van der Waals surface area contributed by atoms with Gasteiger partial charge in [-0.2, -0.15) is 0 Å². The molecule has 0 aliphatic carbocycles. The summed E-state index contributed by atoms with van der Waals surface area (Å²) in [5, 5.41) is 8.90. The smallest absolute Gasteiger partial charge is 0.331 e. The minimum atomic E-state index is -0.772. The molecule has 0 aromatic carbocycles. The molecule has 16 heavy (non-hydrogen) atoms. The lowest BCUT2D eigenvalue weighted by atomic mass is 9.94. The molecule has 0 spiro atoms. The molecule has 0 aromatic heterocycles. The van der Waals surface area contributed by atoms with Crippen LogP contribution in [0.2, 0.25) is 0 Å². The highest BCUT2D eigenvalue weighted by Crippen LogP contribution is 2.19. The summed E-state index contributed by atoms with van der Waals surface area (Å²) in [5.41, 5.74) is 0.539. The van der Waals surface area contributed by atoms with E-state index in [0.717, 1.165) is 25.6 Å². The Bertz CT molecular complexity index is 253. The number of aliphatic carboxylic acids is 1. The number of carboxylic acids is 1. The molecule has 0 radical (unpaired) electrons. The van der Waals surface area contributed by atoms with Crippen molar-refractivity contribution in [1.29, 1.82) is 0 Å². The second-order valence-electron chi connectivity index (χ2n) is 4.54. The van der Waals surface area contributed by atoms with Crippen molar-refractivity contribution in [3.63, 3.8) is 0 Å². The van der Waals surface area contributed by atoms with Crippen molar-refractivity contribution in [1.82, 2.24) is 4.90 Å². The van der Waals surface area contributed by atoms with Gasteiger partial charge in [0.25, 0.3) is 0 Å². The standard InChI is InChI=1S/C13H23NO2/c1-3-11-5-8-14(9-6-11)10-7-12(4-2)13(15)16/h7,11H,3-6,8-10H2,1-2H3,(H,15,16). The third-order valence-corrected chi connectivity index (χ3v) is 3.54. The van der Waals surface area contributed by atoms with Gasteiger partial charge in [0.05, 0.1) is 0 Å². The van der Waals surface area contributed by atoms with Crippen molar-refractivity contribution in [3.05, 3.63) is 11.6 Å². The molecule has 1 aliphatic heterocycles. The number of hydrogen-bond donors (Lipinski definition) is 1. The first-order valence-electron chi connectivity index (χ1n) is 6.32. The lowest BCUT2D eigenvalue weighted by molar-refractivity contribution is -0.132. The highest BCUT2D eigenvalue weighted by atomic mass is 16.4. The molecule has 1 N–H and O–H groups in total. The normalized spacial score (nSPS) is 20.0. The summed E-state index contributed by atoms with van der Waals surface area (Å²) in [4.78, 5) is 13.2. The van der Waals surface area contributed by atoms with E-state index in [4.69, 9.17) is 5.11 Å². The van der Waals surface area contributed by atoms with Crippen LogP contribution in [0.5, 0.6) is 0 Å². The second-order valence-corrected chi connectivity index (χ2v) is 4.54. The number of carboxylic acid groups (broad SMARTS) is 1. The van der Waals surface area contributed by atoms with Crippen molar-refractivity contribution in [2.75, 3.05) is 19.6 Å². The number of nitrogens with zero attached hydrogens (tertiary/aromatic N) is 1. The maximum atomic E-state index is 10.8. The monoisotopic (exact) mass is 225 g/mol. The fraction of sp³-hybridized carbons (Fsp3) is 0.769. The lowest BCUT2D eigenvalue weighted by Gasteiger charge is -2.30. The molecular weight excluding hydrogens is 202 g/mol. The predicted molar refractivity (Wildman–Crippen MR) is 65.5 cm³/mol. The fourth-order valence-corrected chi connectivity index (χ4v) is 2.20. The van der Waals surface area contributed by atoms with Crippen LogP contribution in [0.25, 0.3) is 0 Å². The SMILES string of the molecule is CCC(=CCN1CCC(CC)CC1)C(=O)O. The van der Waals surface area contributed by atoms with Gasteiger partial charge in [0.2, 0.25) is 0 Å². The van der Waals surface area contributed by atoms with Crippen molar-refractivity contribution < 1.29 is 9.90 Å². The average molecular weight is 225 g/mol. The zero-order valence-electron chi connectivity index (χ0n) is 10.4. The Labute approximate surface area is 98.1 Å². The summed E-state index contributed by atoms with van der Waals surface area (Å²) in [7, 11) is 0. The summed E-state index contributed by atoms with van der Waals surface area (Å²) >= 11 is 0. The summed E-state index contributed by atoms with van der Waals surface area (Å²) in [6.07, 6.45) is 6.28. The van der Waals surface area contributed by atoms with Gasteiger partial charge in [-0.25, -0.2) is 4.79 Å². The van der Waals surface area contributed by atoms with E-state index >= 15 is 0 Å². The largest absolute Gasteiger partial charge is 0.478 e. The topological polar surface area (TPSA) is 40.5 Å². The Kier molecular flexibility index (Phi) is 5.53. The van der Waals surface area contributed by atoms with Gasteiger partial charge < -0.3 is 5.11 Å². The lowest BCUT2D eigenvalue weighted by Crippen LogP contribution is -2.33. The number of likely N-dealkylation sites (tertiary alicyclic amines) is 1. The molecule has 1 rings (SSSR count). The molecule has 0 aromatic rings. The maximum Gasteiger partial charge on any atom is 0.331 e. The molecule has 0 atom stereocenters. The van der Waals surface area contributed by atoms with E-state index in [2.05, 4.69) is 11.8 Å². The number of carbonyl (C=O) groups is 1. The molecule has 1 heterocycles. The zero-order valence-corrected chi connectivity index (χ0v) is 10.4. The highest BCUT2D eigenvalue weighted by molar-refractivity contribution is 5.86. The van der Waals surface area contributed by atoms with Gasteiger partial charge in [0.1, 0.15) is 0 Å². The van der Waals surface area contributed by atoms with Crippen molar-refractivity contribution in [2.24, 2.45) is 5.92 Å². The van der Waals surface area contributed by atoms with Crippen molar-refractivity contribution >= 4 is 5.97 Å². The molecule has 0 saturated carbocycles. The maximum absolute atomic E-state index is 10.8. The Morgan fingerprint density at radius 3 is 2.44 bits per heavy atom. The summed E-state index contributed by atoms with van der Waals surface area (Å²) in [6, 6.07) is 0. The van der Waals surface area contributed by atoms with Crippen molar-refractivity contribution in [3.8, 4) is 0 Å². The van der Waals surface area contributed by atoms with E-state index in [-0.39, 0.29) is 0 Å². The van der Waals surface area contributed by atoms with Gasteiger partial charge >= 0.3 is 5.97 Å². The van der Waals surface area contributed by atoms with E-state index in [1.807, 2.05) is 13.0 Å². The van der Waals surface area contributed by atoms with Gasteiger partial charge in [-0.05, 0) is 38.3 Å². The summed E-state index contributed by atoms with van der Waals surface area (Å²) in [6.45, 7) is 7.17. The van der Waals surface area contributed by atoms with Gasteiger partial charge in [-0.15, -0.1) is 0 Å². The molecule has 0 amide bonds. The van der Waals surface area contributed by atoms with Gasteiger partial charge in [-0.3, -0.25) is 4.90 Å². The van der Waals surface area contributed by atoms with Gasteiger partial charge in [0.15, 0.2) is 0 Å². The van der Waals surface area contributed by atoms with Crippen LogP contribution < -0.4 is 0 Å². The van der Waals surface area contributed by atoms with E-state index in [9.17, 15) is 4.79 Å². The zero-order chi connectivity index (χ0) is 12.0. The van der Waals surface area contributed by atoms with Crippen LogP contribution in [-0.4, -0.2) is 35.6 Å². The Hall–Kier alpha value is -0.830. The van der Waals surface area contributed by atoms with E-state index in [1.165, 1.54) is 19.3 Å². The first-order chi connectivity index (χ1) is 7.67. The minimum Gasteiger partial charge on any atom is -0.478 e.